The van der Waals surface area contributed by atoms with E-state index in [1.807, 2.05) is 0 Å². The number of hydrogen-bond donors (Lipinski definition) is 4. The maximum absolute atomic E-state index is 12.2. The van der Waals surface area contributed by atoms with Crippen molar-refractivity contribution in [2.75, 3.05) is 33.8 Å². The van der Waals surface area contributed by atoms with Gasteiger partial charge in [0.25, 0.3) is 5.91 Å². The number of benzene rings is 2. The number of nitrogens with one attached hydrogen (secondary N) is 4. The Bertz CT molecular complexity index is 1010. The third-order valence-electron chi connectivity index (χ3n) is 4.89. The summed E-state index contributed by atoms with van der Waals surface area (Å²) in [6, 6.07) is 13.5. The molecule has 1 aromatic heterocycles. The van der Waals surface area contributed by atoms with E-state index in [-0.39, 0.29) is 5.91 Å². The number of nitrogens with zero attached hydrogens (tertiary/aromatic N) is 1. The molecule has 0 spiro atoms. The third-order valence-corrected chi connectivity index (χ3v) is 4.89. The minimum atomic E-state index is -0.114. The van der Waals surface area contributed by atoms with Crippen molar-refractivity contribution in [2.45, 2.75) is 13.3 Å². The van der Waals surface area contributed by atoms with Crippen LogP contribution in [0.4, 0.5) is 0 Å². The second-order valence-corrected chi connectivity index (χ2v) is 7.02. The average molecular weight is 408 g/mol. The topological polar surface area (TPSA) is 90.5 Å². The Kier molecular flexibility index (Phi) is 7.32. The Labute approximate surface area is 176 Å². The van der Waals surface area contributed by atoms with E-state index in [9.17, 15) is 4.79 Å². The Balaban J connectivity index is 1.38. The summed E-state index contributed by atoms with van der Waals surface area (Å²) in [6.07, 6.45) is 2.95. The van der Waals surface area contributed by atoms with Crippen LogP contribution in [-0.2, 0) is 6.42 Å². The number of ether oxygens (including phenoxy) is 1. The summed E-state index contributed by atoms with van der Waals surface area (Å²) in [5.74, 6) is 1.33. The average Bonchev–Trinajstić information content (AvgIpc) is 3.17. The number of aromatic amines is 1. The van der Waals surface area contributed by atoms with Crippen LogP contribution >= 0.6 is 0 Å². The summed E-state index contributed by atoms with van der Waals surface area (Å²) in [7, 11) is 3.34. The molecule has 0 radical (unpaired) electrons. The van der Waals surface area contributed by atoms with Crippen LogP contribution in [0.2, 0.25) is 0 Å². The van der Waals surface area contributed by atoms with Crippen molar-refractivity contribution in [2.24, 2.45) is 4.99 Å². The molecule has 0 unspecified atom stereocenters. The number of rotatable bonds is 8. The van der Waals surface area contributed by atoms with Crippen molar-refractivity contribution in [1.29, 1.82) is 0 Å². The number of amides is 1. The molecular formula is C23H29N5O2. The maximum atomic E-state index is 12.2. The van der Waals surface area contributed by atoms with E-state index >= 15 is 0 Å². The van der Waals surface area contributed by atoms with Crippen LogP contribution in [-0.4, -0.2) is 50.6 Å². The highest BCUT2D eigenvalue weighted by Gasteiger charge is 2.06. The summed E-state index contributed by atoms with van der Waals surface area (Å²) in [6.45, 7) is 3.93. The third kappa shape index (κ3) is 5.53. The summed E-state index contributed by atoms with van der Waals surface area (Å²) in [5.41, 5.74) is 4.30. The van der Waals surface area contributed by atoms with Gasteiger partial charge in [-0.1, -0.05) is 12.1 Å². The predicted octanol–water partition coefficient (Wildman–Crippen LogP) is 2.62. The molecule has 7 heteroatoms. The van der Waals surface area contributed by atoms with Crippen molar-refractivity contribution in [3.63, 3.8) is 0 Å². The van der Waals surface area contributed by atoms with Gasteiger partial charge in [0.15, 0.2) is 5.96 Å². The Morgan fingerprint density at radius 1 is 1.03 bits per heavy atom. The van der Waals surface area contributed by atoms with Gasteiger partial charge in [0.05, 0.1) is 7.11 Å². The van der Waals surface area contributed by atoms with E-state index in [2.05, 4.69) is 57.2 Å². The molecule has 0 aliphatic carbocycles. The number of H-pyrrole nitrogens is 1. The minimum absolute atomic E-state index is 0.114. The van der Waals surface area contributed by atoms with Gasteiger partial charge in [-0.2, -0.15) is 0 Å². The fourth-order valence-corrected chi connectivity index (χ4v) is 3.24. The maximum Gasteiger partial charge on any atom is 0.251 e. The summed E-state index contributed by atoms with van der Waals surface area (Å²) >= 11 is 0. The molecule has 0 atom stereocenters. The largest absolute Gasteiger partial charge is 0.497 e. The van der Waals surface area contributed by atoms with Crippen LogP contribution in [0, 0.1) is 6.92 Å². The van der Waals surface area contributed by atoms with Gasteiger partial charge in [0, 0.05) is 49.3 Å². The number of guanidine groups is 1. The molecule has 0 aliphatic rings. The summed E-state index contributed by atoms with van der Waals surface area (Å²) in [4.78, 5) is 19.7. The quantitative estimate of drug-likeness (QED) is 0.262. The van der Waals surface area contributed by atoms with Gasteiger partial charge in [0.1, 0.15) is 5.75 Å². The SMILES string of the molecule is CN=C(NCCNC(=O)c1ccc(OC)cc1)NCCc1c[nH]c2cc(C)ccc12. The zero-order valence-corrected chi connectivity index (χ0v) is 17.7. The van der Waals surface area contributed by atoms with E-state index in [0.717, 1.165) is 18.7 Å². The first-order valence-corrected chi connectivity index (χ1v) is 10.0. The normalized spacial score (nSPS) is 11.4. The van der Waals surface area contributed by atoms with E-state index in [0.29, 0.717) is 24.6 Å². The van der Waals surface area contributed by atoms with Crippen LogP contribution in [0.5, 0.6) is 5.75 Å². The smallest absolute Gasteiger partial charge is 0.251 e. The molecule has 30 heavy (non-hydrogen) atoms. The first-order valence-electron chi connectivity index (χ1n) is 10.0. The Morgan fingerprint density at radius 3 is 2.50 bits per heavy atom. The summed E-state index contributed by atoms with van der Waals surface area (Å²) < 4.78 is 5.10. The van der Waals surface area contributed by atoms with Crippen molar-refractivity contribution in [3.05, 3.63) is 65.4 Å². The Morgan fingerprint density at radius 2 is 1.77 bits per heavy atom. The van der Waals surface area contributed by atoms with E-state index < -0.39 is 0 Å². The van der Waals surface area contributed by atoms with Crippen LogP contribution in [0.15, 0.2) is 53.7 Å². The predicted molar refractivity (Wildman–Crippen MR) is 121 cm³/mol. The molecule has 2 aromatic carbocycles. The molecule has 158 valence electrons. The number of hydrogen-bond acceptors (Lipinski definition) is 3. The number of aryl methyl sites for hydroxylation is 1. The number of aliphatic imine (C=N–C) groups is 1. The highest BCUT2D eigenvalue weighted by Crippen LogP contribution is 2.19. The van der Waals surface area contributed by atoms with Crippen molar-refractivity contribution < 1.29 is 9.53 Å². The minimum Gasteiger partial charge on any atom is -0.497 e. The van der Waals surface area contributed by atoms with Gasteiger partial charge in [-0.15, -0.1) is 0 Å². The molecule has 4 N–H and O–H groups in total. The number of carbonyl (C=O) groups excluding carboxylic acids is 1. The van der Waals surface area contributed by atoms with Gasteiger partial charge in [-0.3, -0.25) is 9.79 Å². The second-order valence-electron chi connectivity index (χ2n) is 7.02. The van der Waals surface area contributed by atoms with Crippen LogP contribution < -0.4 is 20.7 Å². The fraction of sp³-hybridized carbons (Fsp3) is 0.304. The number of carbonyl (C=O) groups is 1. The first kappa shape index (κ1) is 21.2. The highest BCUT2D eigenvalue weighted by molar-refractivity contribution is 5.94. The van der Waals surface area contributed by atoms with E-state index in [4.69, 9.17) is 4.74 Å². The lowest BCUT2D eigenvalue weighted by molar-refractivity contribution is 0.0954. The molecule has 1 amide bonds. The van der Waals surface area contributed by atoms with Crippen molar-refractivity contribution in [3.8, 4) is 5.75 Å². The molecule has 7 nitrogen and oxygen atoms in total. The van der Waals surface area contributed by atoms with Gasteiger partial charge >= 0.3 is 0 Å². The first-order chi connectivity index (χ1) is 14.6. The lowest BCUT2D eigenvalue weighted by Crippen LogP contribution is -2.42. The molecule has 0 aliphatic heterocycles. The number of aromatic nitrogens is 1. The van der Waals surface area contributed by atoms with Crippen molar-refractivity contribution in [1.82, 2.24) is 20.9 Å². The molecular weight excluding hydrogens is 378 g/mol. The zero-order valence-electron chi connectivity index (χ0n) is 17.7. The fourth-order valence-electron chi connectivity index (χ4n) is 3.24. The number of fused-ring (bicyclic) bond motifs is 1. The van der Waals surface area contributed by atoms with E-state index in [1.54, 1.807) is 38.4 Å². The molecule has 0 saturated heterocycles. The van der Waals surface area contributed by atoms with Gasteiger partial charge in [-0.05, 0) is 54.8 Å². The lowest BCUT2D eigenvalue weighted by Gasteiger charge is -2.12. The molecule has 3 rings (SSSR count). The van der Waals surface area contributed by atoms with Crippen LogP contribution in [0.3, 0.4) is 0 Å². The van der Waals surface area contributed by atoms with Gasteiger partial charge in [-0.25, -0.2) is 0 Å². The highest BCUT2D eigenvalue weighted by atomic mass is 16.5. The molecule has 1 heterocycles. The zero-order chi connectivity index (χ0) is 21.3. The molecule has 3 aromatic rings. The summed E-state index contributed by atoms with van der Waals surface area (Å²) in [5, 5.41) is 10.7. The van der Waals surface area contributed by atoms with Crippen molar-refractivity contribution >= 4 is 22.8 Å². The monoisotopic (exact) mass is 407 g/mol. The van der Waals surface area contributed by atoms with E-state index in [1.165, 1.54) is 22.0 Å². The number of methoxy groups -OCH3 is 1. The second kappa shape index (κ2) is 10.3. The molecule has 0 saturated carbocycles. The lowest BCUT2D eigenvalue weighted by atomic mass is 10.1. The molecule has 0 bridgehead atoms. The molecule has 0 fully saturated rings. The van der Waals surface area contributed by atoms with Crippen LogP contribution in [0.1, 0.15) is 21.5 Å². The van der Waals surface area contributed by atoms with Gasteiger partial charge in [0.2, 0.25) is 0 Å². The van der Waals surface area contributed by atoms with Gasteiger partial charge < -0.3 is 25.7 Å². The van der Waals surface area contributed by atoms with Crippen LogP contribution in [0.25, 0.3) is 10.9 Å². The standard InChI is InChI=1S/C23H29N5O2/c1-16-4-9-20-18(15-28-21(20)14-16)10-11-26-23(24-2)27-13-12-25-22(29)17-5-7-19(30-3)8-6-17/h4-9,14-15,28H,10-13H2,1-3H3,(H,25,29)(H2,24,26,27). The Hall–Kier alpha value is -3.48.